The number of carbonyl (C=O) groups is 1. The number of rotatable bonds is 5. The van der Waals surface area contributed by atoms with E-state index in [-0.39, 0.29) is 30.9 Å². The van der Waals surface area contributed by atoms with Crippen molar-refractivity contribution in [3.8, 4) is 0 Å². The van der Waals surface area contributed by atoms with Gasteiger partial charge >= 0.3 is 6.18 Å². The van der Waals surface area contributed by atoms with Crippen molar-refractivity contribution in [1.82, 2.24) is 4.72 Å². The van der Waals surface area contributed by atoms with Crippen molar-refractivity contribution in [2.24, 2.45) is 5.92 Å². The topological polar surface area (TPSA) is 72.5 Å². The fourth-order valence-corrected chi connectivity index (χ4v) is 3.90. The van der Waals surface area contributed by atoms with Crippen molar-refractivity contribution in [3.05, 3.63) is 34.9 Å². The normalized spacial score (nSPS) is 21.4. The second-order valence-electron chi connectivity index (χ2n) is 6.61. The van der Waals surface area contributed by atoms with Gasteiger partial charge in [-0.05, 0) is 42.7 Å². The average molecular weight is 393 g/mol. The average Bonchev–Trinajstić information content (AvgIpc) is 2.52. The van der Waals surface area contributed by atoms with E-state index >= 15 is 0 Å². The van der Waals surface area contributed by atoms with Crippen molar-refractivity contribution >= 4 is 15.9 Å². The molecule has 0 saturated heterocycles. The number of ether oxygens (including phenoxy) is 1. The fourth-order valence-electron chi connectivity index (χ4n) is 3.46. The molecule has 26 heavy (non-hydrogen) atoms. The molecule has 0 spiro atoms. The monoisotopic (exact) mass is 393 g/mol. The predicted octanol–water partition coefficient (Wildman–Crippen LogP) is 3.36. The molecule has 0 aliphatic heterocycles. The van der Waals surface area contributed by atoms with Gasteiger partial charge in [0.25, 0.3) is 5.91 Å². The van der Waals surface area contributed by atoms with Gasteiger partial charge in [0.2, 0.25) is 10.0 Å². The zero-order chi connectivity index (χ0) is 19.5. The molecule has 1 N–H and O–H groups in total. The zero-order valence-electron chi connectivity index (χ0n) is 14.6. The molecule has 0 unspecified atom stereocenters. The highest BCUT2D eigenvalue weighted by Crippen LogP contribution is 2.43. The van der Waals surface area contributed by atoms with E-state index in [0.29, 0.717) is 24.0 Å². The van der Waals surface area contributed by atoms with Crippen molar-refractivity contribution in [2.75, 3.05) is 13.4 Å². The lowest BCUT2D eigenvalue weighted by Gasteiger charge is -2.31. The maximum Gasteiger partial charge on any atom is 0.391 e. The van der Waals surface area contributed by atoms with Crippen LogP contribution in [-0.4, -0.2) is 33.9 Å². The van der Waals surface area contributed by atoms with Crippen LogP contribution < -0.4 is 4.72 Å². The van der Waals surface area contributed by atoms with Crippen molar-refractivity contribution in [3.63, 3.8) is 0 Å². The van der Waals surface area contributed by atoms with Gasteiger partial charge in [0, 0.05) is 12.7 Å². The van der Waals surface area contributed by atoms with Gasteiger partial charge in [0.05, 0.1) is 18.8 Å². The summed E-state index contributed by atoms with van der Waals surface area (Å²) < 4.78 is 68.5. The minimum Gasteiger partial charge on any atom is -0.380 e. The van der Waals surface area contributed by atoms with E-state index in [4.69, 9.17) is 4.74 Å². The number of nitrogens with one attached hydrogen (secondary N) is 1. The van der Waals surface area contributed by atoms with E-state index in [1.54, 1.807) is 18.2 Å². The van der Waals surface area contributed by atoms with Crippen LogP contribution >= 0.6 is 0 Å². The van der Waals surface area contributed by atoms with E-state index in [9.17, 15) is 26.4 Å². The molecule has 0 radical (unpaired) electrons. The van der Waals surface area contributed by atoms with Crippen LogP contribution in [0.1, 0.15) is 53.1 Å². The van der Waals surface area contributed by atoms with Gasteiger partial charge in [-0.2, -0.15) is 13.2 Å². The molecular formula is C17H22F3NO4S. The zero-order valence-corrected chi connectivity index (χ0v) is 15.4. The van der Waals surface area contributed by atoms with Gasteiger partial charge in [-0.15, -0.1) is 0 Å². The minimum atomic E-state index is -4.21. The highest BCUT2D eigenvalue weighted by atomic mass is 32.2. The fraction of sp³-hybridized carbons (Fsp3) is 0.588. The Kier molecular flexibility index (Phi) is 6.33. The molecule has 0 atom stereocenters. The Morgan fingerprint density at radius 2 is 1.85 bits per heavy atom. The summed E-state index contributed by atoms with van der Waals surface area (Å²) in [6, 6.07) is 5.03. The Morgan fingerprint density at radius 1 is 1.23 bits per heavy atom. The number of hydrogen-bond acceptors (Lipinski definition) is 4. The molecule has 1 amide bonds. The molecule has 1 aromatic carbocycles. The molecule has 1 fully saturated rings. The first-order chi connectivity index (χ1) is 12.0. The van der Waals surface area contributed by atoms with Crippen LogP contribution in [0.2, 0.25) is 0 Å². The first kappa shape index (κ1) is 20.7. The van der Waals surface area contributed by atoms with Gasteiger partial charge < -0.3 is 4.74 Å². The highest BCUT2D eigenvalue weighted by Gasteiger charge is 2.42. The van der Waals surface area contributed by atoms with Crippen molar-refractivity contribution < 1.29 is 31.1 Å². The molecule has 5 nitrogen and oxygen atoms in total. The summed E-state index contributed by atoms with van der Waals surface area (Å²) >= 11 is 0. The molecule has 0 aromatic heterocycles. The minimum absolute atomic E-state index is 0.00416. The third kappa shape index (κ3) is 5.20. The molecule has 1 aromatic rings. The lowest BCUT2D eigenvalue weighted by molar-refractivity contribution is -0.182. The standard InChI is InChI=1S/C17H22F3NO4S/c1-25-10-12-4-3-5-14(15(12)16(22)21-26(2,23)24)11-6-8-13(9-7-11)17(18,19)20/h3-5,11,13H,6-10H2,1-2H3,(H,21,22). The molecule has 0 bridgehead atoms. The summed E-state index contributed by atoms with van der Waals surface area (Å²) in [4.78, 5) is 12.5. The molecule has 1 aliphatic rings. The number of hydrogen-bond donors (Lipinski definition) is 1. The summed E-state index contributed by atoms with van der Waals surface area (Å²) in [7, 11) is -2.32. The second kappa shape index (κ2) is 7.96. The quantitative estimate of drug-likeness (QED) is 0.833. The molecular weight excluding hydrogens is 371 g/mol. The van der Waals surface area contributed by atoms with Crippen LogP contribution in [0.4, 0.5) is 13.2 Å². The SMILES string of the molecule is COCc1cccc(C2CCC(C(F)(F)F)CC2)c1C(=O)NS(C)(=O)=O. The number of alkyl halides is 3. The highest BCUT2D eigenvalue weighted by molar-refractivity contribution is 7.89. The van der Waals surface area contributed by atoms with Crippen LogP contribution in [0, 0.1) is 5.92 Å². The number of halogens is 3. The lowest BCUT2D eigenvalue weighted by Crippen LogP contribution is -2.32. The number of sulfonamides is 1. The molecule has 9 heteroatoms. The Hall–Kier alpha value is -1.61. The molecule has 2 rings (SSSR count). The Balaban J connectivity index is 2.34. The lowest BCUT2D eigenvalue weighted by atomic mass is 9.76. The second-order valence-corrected chi connectivity index (χ2v) is 8.36. The Morgan fingerprint density at radius 3 is 2.35 bits per heavy atom. The van der Waals surface area contributed by atoms with Gasteiger partial charge in [-0.25, -0.2) is 13.1 Å². The predicted molar refractivity (Wildman–Crippen MR) is 90.2 cm³/mol. The Labute approximate surface area is 151 Å². The van der Waals surface area contributed by atoms with Gasteiger partial charge in [0.1, 0.15) is 0 Å². The molecule has 146 valence electrons. The van der Waals surface area contributed by atoms with E-state index in [1.807, 2.05) is 4.72 Å². The largest absolute Gasteiger partial charge is 0.391 e. The maximum atomic E-state index is 12.9. The summed E-state index contributed by atoms with van der Waals surface area (Å²) in [6.45, 7) is 0.0955. The molecule has 1 saturated carbocycles. The number of amides is 1. The van der Waals surface area contributed by atoms with Crippen molar-refractivity contribution in [1.29, 1.82) is 0 Å². The van der Waals surface area contributed by atoms with Crippen molar-refractivity contribution in [2.45, 2.75) is 44.4 Å². The van der Waals surface area contributed by atoms with Crippen LogP contribution in [0.3, 0.4) is 0 Å². The van der Waals surface area contributed by atoms with Gasteiger partial charge in [0.15, 0.2) is 0 Å². The number of methoxy groups -OCH3 is 1. The van der Waals surface area contributed by atoms with E-state index in [1.165, 1.54) is 7.11 Å². The smallest absolute Gasteiger partial charge is 0.380 e. The Bertz CT molecular complexity index is 754. The summed E-state index contributed by atoms with van der Waals surface area (Å²) in [6.07, 6.45) is -2.76. The summed E-state index contributed by atoms with van der Waals surface area (Å²) in [5.41, 5.74) is 1.25. The first-order valence-electron chi connectivity index (χ1n) is 8.22. The van der Waals surface area contributed by atoms with E-state index in [2.05, 4.69) is 0 Å². The third-order valence-electron chi connectivity index (χ3n) is 4.62. The molecule has 0 heterocycles. The van der Waals surface area contributed by atoms with Gasteiger partial charge in [-0.3, -0.25) is 4.79 Å². The van der Waals surface area contributed by atoms with E-state index in [0.717, 1.165) is 6.26 Å². The number of carbonyl (C=O) groups excluding carboxylic acids is 1. The van der Waals surface area contributed by atoms with Crippen LogP contribution in [0.25, 0.3) is 0 Å². The van der Waals surface area contributed by atoms with Gasteiger partial charge in [-0.1, -0.05) is 18.2 Å². The first-order valence-corrected chi connectivity index (χ1v) is 10.1. The maximum absolute atomic E-state index is 12.9. The van der Waals surface area contributed by atoms with Crippen LogP contribution in [-0.2, 0) is 21.4 Å². The molecule has 1 aliphatic carbocycles. The van der Waals surface area contributed by atoms with Crippen LogP contribution in [0.15, 0.2) is 18.2 Å². The third-order valence-corrected chi connectivity index (χ3v) is 5.17. The summed E-state index contributed by atoms with van der Waals surface area (Å²) in [5.74, 6) is -2.34. The van der Waals surface area contributed by atoms with Crippen LogP contribution in [0.5, 0.6) is 0 Å². The van der Waals surface area contributed by atoms with E-state index < -0.39 is 28.0 Å². The summed E-state index contributed by atoms with van der Waals surface area (Å²) in [5, 5.41) is 0. The number of benzene rings is 1.